The molecule has 1 unspecified atom stereocenters. The normalized spacial score (nSPS) is 17.5. The molecule has 94 valence electrons. The van der Waals surface area contributed by atoms with Crippen LogP contribution in [0.1, 0.15) is 30.9 Å². The van der Waals surface area contributed by atoms with Crippen LogP contribution in [0, 0.1) is 0 Å². The highest BCUT2D eigenvalue weighted by Crippen LogP contribution is 2.31. The highest BCUT2D eigenvalue weighted by molar-refractivity contribution is 6.42. The Kier molecular flexibility index (Phi) is 4.31. The molecule has 0 heterocycles. The van der Waals surface area contributed by atoms with E-state index < -0.39 is 0 Å². The van der Waals surface area contributed by atoms with Crippen molar-refractivity contribution in [1.29, 1.82) is 0 Å². The van der Waals surface area contributed by atoms with Crippen molar-refractivity contribution in [2.75, 3.05) is 13.6 Å². The molecule has 4 heteroatoms. The summed E-state index contributed by atoms with van der Waals surface area (Å²) in [4.78, 5) is 2.37. The lowest BCUT2D eigenvalue weighted by Crippen LogP contribution is -2.25. The lowest BCUT2D eigenvalue weighted by atomic mass is 10.0. The predicted molar refractivity (Wildman–Crippen MR) is 73.7 cm³/mol. The smallest absolute Gasteiger partial charge is 0.0640 e. The van der Waals surface area contributed by atoms with Gasteiger partial charge in [-0.15, -0.1) is 0 Å². The highest BCUT2D eigenvalue weighted by atomic mass is 35.5. The van der Waals surface area contributed by atoms with Crippen molar-refractivity contribution in [3.8, 4) is 0 Å². The third kappa shape index (κ3) is 3.35. The van der Waals surface area contributed by atoms with E-state index in [1.165, 1.54) is 12.8 Å². The van der Waals surface area contributed by atoms with Gasteiger partial charge in [0.25, 0.3) is 0 Å². The molecule has 0 spiro atoms. The van der Waals surface area contributed by atoms with Gasteiger partial charge in [0.05, 0.1) is 10.0 Å². The summed E-state index contributed by atoms with van der Waals surface area (Å²) in [6.45, 7) is 1.01. The molecule has 0 bridgehead atoms. The van der Waals surface area contributed by atoms with E-state index in [9.17, 15) is 0 Å². The summed E-state index contributed by atoms with van der Waals surface area (Å²) in [5.41, 5.74) is 7.11. The fourth-order valence-electron chi connectivity index (χ4n) is 2.00. The van der Waals surface area contributed by atoms with Crippen LogP contribution in [0.2, 0.25) is 10.0 Å². The molecule has 17 heavy (non-hydrogen) atoms. The van der Waals surface area contributed by atoms with Crippen molar-refractivity contribution in [3.05, 3.63) is 33.8 Å². The number of hydrogen-bond acceptors (Lipinski definition) is 2. The zero-order valence-electron chi connectivity index (χ0n) is 10.00. The van der Waals surface area contributed by atoms with Gasteiger partial charge in [-0.3, -0.25) is 0 Å². The van der Waals surface area contributed by atoms with Crippen LogP contribution in [-0.2, 0) is 0 Å². The molecular weight excluding hydrogens is 255 g/mol. The summed E-state index contributed by atoms with van der Waals surface area (Å²) >= 11 is 12.1. The summed E-state index contributed by atoms with van der Waals surface area (Å²) in [6, 6.07) is 6.37. The van der Waals surface area contributed by atoms with Crippen LogP contribution in [0.15, 0.2) is 18.2 Å². The molecule has 0 aromatic heterocycles. The molecule has 0 amide bonds. The van der Waals surface area contributed by atoms with Crippen LogP contribution in [0.4, 0.5) is 0 Å². The maximum atomic E-state index is 6.16. The van der Waals surface area contributed by atoms with Crippen molar-refractivity contribution in [3.63, 3.8) is 0 Å². The maximum Gasteiger partial charge on any atom is 0.0640 e. The van der Waals surface area contributed by atoms with Crippen LogP contribution >= 0.6 is 23.2 Å². The number of nitrogens with two attached hydrogens (primary N) is 1. The minimum atomic E-state index is -0.0394. The first kappa shape index (κ1) is 13.2. The first-order valence-electron chi connectivity index (χ1n) is 5.99. The van der Waals surface area contributed by atoms with Crippen molar-refractivity contribution in [1.82, 2.24) is 4.90 Å². The molecule has 2 N–H and O–H groups in total. The lowest BCUT2D eigenvalue weighted by Gasteiger charge is -2.19. The standard InChI is InChI=1S/C13H18Cl2N2/c1-17(9-5-6-9)8-7-12(16)10-3-2-4-11(14)13(10)15/h2-4,9,12H,5-8,16H2,1H3. The van der Waals surface area contributed by atoms with E-state index in [1.54, 1.807) is 6.07 Å². The van der Waals surface area contributed by atoms with Crippen molar-refractivity contribution >= 4 is 23.2 Å². The summed E-state index contributed by atoms with van der Waals surface area (Å²) in [6.07, 6.45) is 3.56. The molecule has 2 nitrogen and oxygen atoms in total. The Hall–Kier alpha value is -0.280. The molecule has 1 saturated carbocycles. The summed E-state index contributed by atoms with van der Waals surface area (Å²) in [5, 5.41) is 1.17. The monoisotopic (exact) mass is 272 g/mol. The minimum absolute atomic E-state index is 0.0394. The molecule has 2 rings (SSSR count). The Labute approximate surface area is 113 Å². The topological polar surface area (TPSA) is 29.3 Å². The second-order valence-electron chi connectivity index (χ2n) is 4.75. The quantitative estimate of drug-likeness (QED) is 0.890. The van der Waals surface area contributed by atoms with E-state index in [-0.39, 0.29) is 6.04 Å². The molecule has 1 fully saturated rings. The van der Waals surface area contributed by atoms with Gasteiger partial charge >= 0.3 is 0 Å². The SMILES string of the molecule is CN(CCC(N)c1cccc(Cl)c1Cl)C1CC1. The molecule has 1 atom stereocenters. The van der Waals surface area contributed by atoms with E-state index in [0.717, 1.165) is 24.6 Å². The summed E-state index contributed by atoms with van der Waals surface area (Å²) in [7, 11) is 2.16. The van der Waals surface area contributed by atoms with Crippen molar-refractivity contribution < 1.29 is 0 Å². The van der Waals surface area contributed by atoms with E-state index in [1.807, 2.05) is 12.1 Å². The van der Waals surface area contributed by atoms with Gasteiger partial charge in [-0.25, -0.2) is 0 Å². The maximum absolute atomic E-state index is 6.16. The van der Waals surface area contributed by atoms with Gasteiger partial charge in [0.1, 0.15) is 0 Å². The molecule has 1 aliphatic carbocycles. The predicted octanol–water partition coefficient (Wildman–Crippen LogP) is 3.48. The zero-order valence-corrected chi connectivity index (χ0v) is 11.5. The Morgan fingerprint density at radius 3 is 2.76 bits per heavy atom. The molecule has 0 saturated heterocycles. The molecular formula is C13H18Cl2N2. The average molecular weight is 273 g/mol. The van der Waals surface area contributed by atoms with Gasteiger partial charge in [-0.1, -0.05) is 35.3 Å². The van der Waals surface area contributed by atoms with E-state index >= 15 is 0 Å². The number of rotatable bonds is 5. The van der Waals surface area contributed by atoms with Gasteiger partial charge in [0, 0.05) is 12.1 Å². The minimum Gasteiger partial charge on any atom is -0.324 e. The van der Waals surface area contributed by atoms with Gasteiger partial charge < -0.3 is 10.6 Å². The number of benzene rings is 1. The lowest BCUT2D eigenvalue weighted by molar-refractivity contribution is 0.309. The third-order valence-electron chi connectivity index (χ3n) is 3.34. The molecule has 0 aliphatic heterocycles. The molecule has 1 aromatic carbocycles. The van der Waals surface area contributed by atoms with Crippen LogP contribution in [0.3, 0.4) is 0 Å². The van der Waals surface area contributed by atoms with Crippen LogP contribution in [-0.4, -0.2) is 24.5 Å². The van der Waals surface area contributed by atoms with E-state index in [4.69, 9.17) is 28.9 Å². The fraction of sp³-hybridized carbons (Fsp3) is 0.538. The first-order chi connectivity index (χ1) is 8.09. The number of nitrogens with zero attached hydrogens (tertiary/aromatic N) is 1. The summed E-state index contributed by atoms with van der Waals surface area (Å²) < 4.78 is 0. The zero-order chi connectivity index (χ0) is 12.4. The number of halogens is 2. The third-order valence-corrected chi connectivity index (χ3v) is 4.18. The van der Waals surface area contributed by atoms with Crippen LogP contribution in [0.25, 0.3) is 0 Å². The summed E-state index contributed by atoms with van der Waals surface area (Å²) in [5.74, 6) is 0. The van der Waals surface area contributed by atoms with Gasteiger partial charge in [0.15, 0.2) is 0 Å². The number of hydrogen-bond donors (Lipinski definition) is 1. The van der Waals surface area contributed by atoms with Crippen molar-refractivity contribution in [2.24, 2.45) is 5.73 Å². The Morgan fingerprint density at radius 1 is 1.41 bits per heavy atom. The van der Waals surface area contributed by atoms with Gasteiger partial charge in [0.2, 0.25) is 0 Å². The molecule has 0 radical (unpaired) electrons. The Morgan fingerprint density at radius 2 is 2.12 bits per heavy atom. The Balaban J connectivity index is 1.94. The first-order valence-corrected chi connectivity index (χ1v) is 6.75. The second-order valence-corrected chi connectivity index (χ2v) is 5.54. The fourth-order valence-corrected chi connectivity index (χ4v) is 2.45. The highest BCUT2D eigenvalue weighted by Gasteiger charge is 2.26. The van der Waals surface area contributed by atoms with E-state index in [2.05, 4.69) is 11.9 Å². The largest absolute Gasteiger partial charge is 0.324 e. The second kappa shape index (κ2) is 5.57. The molecule has 1 aliphatic rings. The average Bonchev–Trinajstić information content (AvgIpc) is 3.13. The molecule has 1 aromatic rings. The van der Waals surface area contributed by atoms with Crippen LogP contribution < -0.4 is 5.73 Å². The van der Waals surface area contributed by atoms with Crippen molar-refractivity contribution in [2.45, 2.75) is 31.3 Å². The van der Waals surface area contributed by atoms with Gasteiger partial charge in [-0.05, 0) is 44.5 Å². The van der Waals surface area contributed by atoms with Crippen LogP contribution in [0.5, 0.6) is 0 Å². The Bertz CT molecular complexity index is 391. The van der Waals surface area contributed by atoms with Gasteiger partial charge in [-0.2, -0.15) is 0 Å². The van der Waals surface area contributed by atoms with E-state index in [0.29, 0.717) is 10.0 Å².